The van der Waals surface area contributed by atoms with Gasteiger partial charge in [0.15, 0.2) is 5.16 Å². The predicted octanol–water partition coefficient (Wildman–Crippen LogP) is 5.04. The summed E-state index contributed by atoms with van der Waals surface area (Å²) in [5.74, 6) is 1.02. The lowest BCUT2D eigenvalue weighted by Crippen LogP contribution is -2.34. The van der Waals surface area contributed by atoms with Gasteiger partial charge in [-0.25, -0.2) is 9.97 Å². The molecule has 2 aromatic heterocycles. The SMILES string of the molecule is CCCCN(CCCC)C(=O)CSc1nc(N)c2c3c(sc2n1)CO[C@@](C)(CC)C3. The predicted molar refractivity (Wildman–Crippen MR) is 126 cm³/mol. The molecule has 0 saturated carbocycles. The molecular formula is C22H34N4O2S2. The maximum atomic E-state index is 12.7. The van der Waals surface area contributed by atoms with Gasteiger partial charge in [-0.15, -0.1) is 11.3 Å². The van der Waals surface area contributed by atoms with Gasteiger partial charge in [0.05, 0.1) is 23.3 Å². The maximum Gasteiger partial charge on any atom is 0.233 e. The Labute approximate surface area is 188 Å². The van der Waals surface area contributed by atoms with E-state index in [-0.39, 0.29) is 11.5 Å². The first-order valence-electron chi connectivity index (χ1n) is 11.0. The molecule has 1 aliphatic heterocycles. The summed E-state index contributed by atoms with van der Waals surface area (Å²) in [6.45, 7) is 10.8. The second-order valence-electron chi connectivity index (χ2n) is 8.22. The lowest BCUT2D eigenvalue weighted by atomic mass is 9.90. The van der Waals surface area contributed by atoms with Crippen molar-refractivity contribution in [3.8, 4) is 0 Å². The zero-order chi connectivity index (χ0) is 21.7. The van der Waals surface area contributed by atoms with Crippen molar-refractivity contribution in [2.75, 3.05) is 24.6 Å². The fourth-order valence-electron chi connectivity index (χ4n) is 3.65. The molecule has 1 amide bonds. The molecule has 8 heteroatoms. The first-order valence-corrected chi connectivity index (χ1v) is 12.8. The van der Waals surface area contributed by atoms with Gasteiger partial charge in [0, 0.05) is 24.4 Å². The number of nitrogen functional groups attached to an aromatic ring is 1. The third-order valence-electron chi connectivity index (χ3n) is 5.83. The van der Waals surface area contributed by atoms with Crippen LogP contribution in [0.15, 0.2) is 5.16 Å². The fourth-order valence-corrected chi connectivity index (χ4v) is 5.57. The van der Waals surface area contributed by atoms with E-state index in [9.17, 15) is 4.79 Å². The zero-order valence-corrected chi connectivity index (χ0v) is 20.3. The van der Waals surface area contributed by atoms with Crippen LogP contribution in [0.3, 0.4) is 0 Å². The van der Waals surface area contributed by atoms with E-state index in [4.69, 9.17) is 15.5 Å². The molecule has 0 bridgehead atoms. The number of thioether (sulfide) groups is 1. The second kappa shape index (κ2) is 10.3. The summed E-state index contributed by atoms with van der Waals surface area (Å²) >= 11 is 3.02. The largest absolute Gasteiger partial charge is 0.383 e. The number of hydrogen-bond acceptors (Lipinski definition) is 7. The van der Waals surface area contributed by atoms with Gasteiger partial charge in [-0.05, 0) is 31.7 Å². The molecule has 0 aromatic carbocycles. The molecule has 0 spiro atoms. The van der Waals surface area contributed by atoms with Crippen LogP contribution in [-0.2, 0) is 22.6 Å². The molecule has 166 valence electrons. The van der Waals surface area contributed by atoms with Crippen LogP contribution >= 0.6 is 23.1 Å². The minimum Gasteiger partial charge on any atom is -0.383 e. The Balaban J connectivity index is 1.74. The summed E-state index contributed by atoms with van der Waals surface area (Å²) in [7, 11) is 0. The number of anilines is 1. The Morgan fingerprint density at radius 1 is 1.23 bits per heavy atom. The van der Waals surface area contributed by atoms with Gasteiger partial charge in [0.1, 0.15) is 10.6 Å². The summed E-state index contributed by atoms with van der Waals surface area (Å²) in [5.41, 5.74) is 7.44. The lowest BCUT2D eigenvalue weighted by molar-refractivity contribution is -0.128. The van der Waals surface area contributed by atoms with E-state index in [1.54, 1.807) is 11.3 Å². The van der Waals surface area contributed by atoms with E-state index in [0.717, 1.165) is 61.8 Å². The van der Waals surface area contributed by atoms with E-state index in [1.165, 1.54) is 22.2 Å². The van der Waals surface area contributed by atoms with Gasteiger partial charge in [-0.2, -0.15) is 0 Å². The van der Waals surface area contributed by atoms with Crippen LogP contribution in [0.5, 0.6) is 0 Å². The van der Waals surface area contributed by atoms with Gasteiger partial charge in [-0.3, -0.25) is 4.79 Å². The van der Waals surface area contributed by atoms with Gasteiger partial charge >= 0.3 is 0 Å². The monoisotopic (exact) mass is 450 g/mol. The number of rotatable bonds is 10. The van der Waals surface area contributed by atoms with Gasteiger partial charge in [-0.1, -0.05) is 45.4 Å². The topological polar surface area (TPSA) is 81.3 Å². The van der Waals surface area contributed by atoms with Crippen LogP contribution in [-0.4, -0.2) is 45.2 Å². The Kier molecular flexibility index (Phi) is 7.98. The van der Waals surface area contributed by atoms with Crippen LogP contribution < -0.4 is 5.73 Å². The van der Waals surface area contributed by atoms with Crippen molar-refractivity contribution in [3.63, 3.8) is 0 Å². The normalized spacial score (nSPS) is 18.5. The molecule has 6 nitrogen and oxygen atoms in total. The smallest absolute Gasteiger partial charge is 0.233 e. The summed E-state index contributed by atoms with van der Waals surface area (Å²) < 4.78 is 6.08. The maximum absolute atomic E-state index is 12.7. The third kappa shape index (κ3) is 5.26. The van der Waals surface area contributed by atoms with Crippen molar-refractivity contribution in [2.45, 2.75) is 83.6 Å². The van der Waals surface area contributed by atoms with Crippen LogP contribution in [0.4, 0.5) is 5.82 Å². The van der Waals surface area contributed by atoms with E-state index in [2.05, 4.69) is 32.7 Å². The van der Waals surface area contributed by atoms with E-state index < -0.39 is 0 Å². The van der Waals surface area contributed by atoms with E-state index >= 15 is 0 Å². The van der Waals surface area contributed by atoms with Gasteiger partial charge in [0.25, 0.3) is 0 Å². The average Bonchev–Trinajstić information content (AvgIpc) is 3.09. The molecule has 3 rings (SSSR count). The number of amides is 1. The van der Waals surface area contributed by atoms with Crippen molar-refractivity contribution >= 4 is 45.0 Å². The summed E-state index contributed by atoms with van der Waals surface area (Å²) in [4.78, 5) is 26.1. The van der Waals surface area contributed by atoms with Crippen molar-refractivity contribution in [1.29, 1.82) is 0 Å². The van der Waals surface area contributed by atoms with Crippen LogP contribution in [0.1, 0.15) is 70.2 Å². The Morgan fingerprint density at radius 3 is 2.57 bits per heavy atom. The number of thiophene rings is 1. The summed E-state index contributed by atoms with van der Waals surface area (Å²) in [5, 5.41) is 1.55. The third-order valence-corrected chi connectivity index (χ3v) is 7.76. The van der Waals surface area contributed by atoms with Gasteiger partial charge in [0.2, 0.25) is 5.91 Å². The van der Waals surface area contributed by atoms with Crippen LogP contribution in [0.25, 0.3) is 10.2 Å². The van der Waals surface area contributed by atoms with Crippen LogP contribution in [0, 0.1) is 0 Å². The molecule has 1 aliphatic rings. The Hall–Kier alpha value is -1.38. The van der Waals surface area contributed by atoms with Crippen molar-refractivity contribution in [1.82, 2.24) is 14.9 Å². The zero-order valence-electron chi connectivity index (χ0n) is 18.6. The molecular weight excluding hydrogens is 416 g/mol. The molecule has 0 saturated heterocycles. The highest BCUT2D eigenvalue weighted by molar-refractivity contribution is 7.99. The number of unbranched alkanes of at least 4 members (excludes halogenated alkanes) is 2. The van der Waals surface area contributed by atoms with E-state index in [0.29, 0.717) is 23.3 Å². The Bertz CT molecular complexity index is 878. The second-order valence-corrected chi connectivity index (χ2v) is 10.2. The quantitative estimate of drug-likeness (QED) is 0.404. The first-order chi connectivity index (χ1) is 14.4. The highest BCUT2D eigenvalue weighted by Crippen LogP contribution is 2.41. The molecule has 3 heterocycles. The molecule has 30 heavy (non-hydrogen) atoms. The number of nitrogens with two attached hydrogens (primary N) is 1. The molecule has 2 aromatic rings. The highest BCUT2D eigenvalue weighted by Gasteiger charge is 2.33. The number of hydrogen-bond donors (Lipinski definition) is 1. The average molecular weight is 451 g/mol. The minimum absolute atomic E-state index is 0.154. The number of fused-ring (bicyclic) bond motifs is 3. The van der Waals surface area contributed by atoms with E-state index in [1.807, 2.05) is 4.90 Å². The fraction of sp³-hybridized carbons (Fsp3) is 0.682. The number of carbonyl (C=O) groups is 1. The summed E-state index contributed by atoms with van der Waals surface area (Å²) in [6.07, 6.45) is 6.03. The number of aromatic nitrogens is 2. The standard InChI is InChI=1S/C22H34N4O2S2/c1-5-8-10-26(11-9-6-2)17(27)14-29-21-24-19(23)18-15-12-22(4,7-3)28-13-16(15)30-20(18)25-21/h5-14H2,1-4H3,(H2,23,24,25)/t22-/m0/s1. The van der Waals surface area contributed by atoms with Crippen LogP contribution in [0.2, 0.25) is 0 Å². The molecule has 0 unspecified atom stereocenters. The summed E-state index contributed by atoms with van der Waals surface area (Å²) in [6, 6.07) is 0. The number of nitrogens with zero attached hydrogens (tertiary/aromatic N) is 3. The lowest BCUT2D eigenvalue weighted by Gasteiger charge is -2.33. The molecule has 2 N–H and O–H groups in total. The Morgan fingerprint density at radius 2 is 1.93 bits per heavy atom. The minimum atomic E-state index is -0.159. The first kappa shape index (κ1) is 23.3. The number of ether oxygens (including phenoxy) is 1. The molecule has 0 fully saturated rings. The highest BCUT2D eigenvalue weighted by atomic mass is 32.2. The van der Waals surface area contributed by atoms with Crippen molar-refractivity contribution in [3.05, 3.63) is 10.4 Å². The molecule has 0 radical (unpaired) electrons. The van der Waals surface area contributed by atoms with Crippen molar-refractivity contribution < 1.29 is 9.53 Å². The molecule has 1 atom stereocenters. The van der Waals surface area contributed by atoms with Crippen molar-refractivity contribution in [2.24, 2.45) is 0 Å². The van der Waals surface area contributed by atoms with Gasteiger partial charge < -0.3 is 15.4 Å². The molecule has 0 aliphatic carbocycles. The number of carbonyl (C=O) groups excluding carboxylic acids is 1.